The van der Waals surface area contributed by atoms with Crippen LogP contribution in [-0.4, -0.2) is 78.3 Å². The number of amides is 2. The number of urea groups is 1. The van der Waals surface area contributed by atoms with E-state index >= 15 is 0 Å². The van der Waals surface area contributed by atoms with Crippen molar-refractivity contribution in [2.75, 3.05) is 44.2 Å². The van der Waals surface area contributed by atoms with E-state index in [2.05, 4.69) is 42.3 Å². The van der Waals surface area contributed by atoms with Crippen molar-refractivity contribution in [2.24, 2.45) is 0 Å². The van der Waals surface area contributed by atoms with Gasteiger partial charge in [0, 0.05) is 44.0 Å². The summed E-state index contributed by atoms with van der Waals surface area (Å²) in [5.74, 6) is -0.795. The van der Waals surface area contributed by atoms with Gasteiger partial charge in [-0.05, 0) is 50.4 Å². The fourth-order valence-corrected chi connectivity index (χ4v) is 4.15. The maximum absolute atomic E-state index is 12.6. The van der Waals surface area contributed by atoms with Crippen LogP contribution in [0.1, 0.15) is 30.9 Å². The summed E-state index contributed by atoms with van der Waals surface area (Å²) in [6.07, 6.45) is 1.66. The highest BCUT2D eigenvalue weighted by molar-refractivity contribution is 5.75. The first-order valence-electron chi connectivity index (χ1n) is 10.2. The molecular formula is C21H32N4O3. The number of likely N-dealkylation sites (N-methyl/N-ethyl adjacent to an activating group) is 1. The van der Waals surface area contributed by atoms with Gasteiger partial charge < -0.3 is 20.2 Å². The van der Waals surface area contributed by atoms with Crippen molar-refractivity contribution in [2.45, 2.75) is 45.7 Å². The van der Waals surface area contributed by atoms with Crippen molar-refractivity contribution in [3.05, 3.63) is 29.3 Å². The van der Waals surface area contributed by atoms with Gasteiger partial charge in [-0.1, -0.05) is 19.1 Å². The van der Waals surface area contributed by atoms with Crippen molar-refractivity contribution in [1.82, 2.24) is 15.1 Å². The molecule has 2 aliphatic rings. The minimum atomic E-state index is -0.795. The molecule has 1 heterocycles. The zero-order valence-corrected chi connectivity index (χ0v) is 17.1. The predicted octanol–water partition coefficient (Wildman–Crippen LogP) is 2.07. The van der Waals surface area contributed by atoms with E-state index in [0.29, 0.717) is 0 Å². The Labute approximate surface area is 167 Å². The Balaban J connectivity index is 1.44. The molecule has 2 amide bonds. The molecule has 0 unspecified atom stereocenters. The molecule has 3 rings (SSSR count). The van der Waals surface area contributed by atoms with Crippen molar-refractivity contribution < 1.29 is 14.7 Å². The van der Waals surface area contributed by atoms with Crippen LogP contribution in [0.3, 0.4) is 0 Å². The van der Waals surface area contributed by atoms with Crippen LogP contribution < -0.4 is 10.2 Å². The summed E-state index contributed by atoms with van der Waals surface area (Å²) in [4.78, 5) is 29.7. The summed E-state index contributed by atoms with van der Waals surface area (Å²) in [6.45, 7) is 10.1. The number of piperazine rings is 1. The number of benzene rings is 1. The average molecular weight is 389 g/mol. The lowest BCUT2D eigenvalue weighted by Crippen LogP contribution is -2.59. The predicted molar refractivity (Wildman–Crippen MR) is 110 cm³/mol. The molecule has 1 aliphatic heterocycles. The molecule has 0 radical (unpaired) electrons. The Morgan fingerprint density at radius 3 is 2.46 bits per heavy atom. The Morgan fingerprint density at radius 1 is 1.18 bits per heavy atom. The number of nitrogens with one attached hydrogen (secondary N) is 1. The van der Waals surface area contributed by atoms with Crippen molar-refractivity contribution in [1.29, 1.82) is 0 Å². The minimum Gasteiger partial charge on any atom is -0.480 e. The highest BCUT2D eigenvalue weighted by Gasteiger charge is 2.35. The summed E-state index contributed by atoms with van der Waals surface area (Å²) in [5, 5.41) is 12.1. The number of rotatable bonds is 6. The Morgan fingerprint density at radius 2 is 1.86 bits per heavy atom. The quantitative estimate of drug-likeness (QED) is 0.780. The number of aryl methyl sites for hydroxylation is 2. The highest BCUT2D eigenvalue weighted by Crippen LogP contribution is 2.26. The maximum Gasteiger partial charge on any atom is 0.317 e. The standard InChI is InChI=1S/C21H32N4O3/c1-4-23(14-20(26)27)18-12-17(13-18)22-21(28)25-9-7-24(8-10-25)19-11-15(2)5-6-16(19)3/h5-6,11,17-18H,4,7-10,12-14H2,1-3H3,(H,22,28)(H,26,27). The smallest absolute Gasteiger partial charge is 0.317 e. The fraction of sp³-hybridized carbons (Fsp3) is 0.619. The molecule has 0 spiro atoms. The molecule has 1 saturated heterocycles. The minimum absolute atomic E-state index is 0.00495. The molecule has 1 aromatic rings. The second-order valence-electron chi connectivity index (χ2n) is 7.99. The summed E-state index contributed by atoms with van der Waals surface area (Å²) in [6, 6.07) is 6.91. The van der Waals surface area contributed by atoms with Crippen molar-refractivity contribution in [3.63, 3.8) is 0 Å². The SMILES string of the molecule is CCN(CC(=O)O)C1CC(NC(=O)N2CCN(c3cc(C)ccc3C)CC2)C1. The van der Waals surface area contributed by atoms with Gasteiger partial charge in [-0.2, -0.15) is 0 Å². The fourth-order valence-electron chi connectivity index (χ4n) is 4.15. The Hall–Kier alpha value is -2.28. The number of carbonyl (C=O) groups is 2. The zero-order valence-electron chi connectivity index (χ0n) is 17.1. The topological polar surface area (TPSA) is 76.1 Å². The molecule has 7 nitrogen and oxygen atoms in total. The number of carbonyl (C=O) groups excluding carboxylic acids is 1. The monoisotopic (exact) mass is 388 g/mol. The normalized spacial score (nSPS) is 22.1. The van der Waals surface area contributed by atoms with Crippen LogP contribution in [-0.2, 0) is 4.79 Å². The summed E-state index contributed by atoms with van der Waals surface area (Å²) in [7, 11) is 0. The lowest BCUT2D eigenvalue weighted by Gasteiger charge is -2.43. The van der Waals surface area contributed by atoms with E-state index in [1.807, 2.05) is 16.7 Å². The number of hydrogen-bond donors (Lipinski definition) is 2. The molecule has 2 N–H and O–H groups in total. The third-order valence-electron chi connectivity index (χ3n) is 5.97. The molecule has 0 atom stereocenters. The zero-order chi connectivity index (χ0) is 20.3. The van der Waals surface area contributed by atoms with Crippen LogP contribution in [0.25, 0.3) is 0 Å². The van der Waals surface area contributed by atoms with Crippen molar-refractivity contribution >= 4 is 17.7 Å². The summed E-state index contributed by atoms with van der Waals surface area (Å²) >= 11 is 0. The van der Waals surface area contributed by atoms with E-state index in [0.717, 1.165) is 45.6 Å². The molecule has 1 saturated carbocycles. The Bertz CT molecular complexity index is 710. The number of carboxylic acid groups (broad SMARTS) is 1. The van der Waals surface area contributed by atoms with Crippen LogP contribution in [0.5, 0.6) is 0 Å². The van der Waals surface area contributed by atoms with E-state index in [-0.39, 0.29) is 24.7 Å². The maximum atomic E-state index is 12.6. The first kappa shape index (κ1) is 20.5. The number of aliphatic carboxylic acids is 1. The molecular weight excluding hydrogens is 356 g/mol. The van der Waals surface area contributed by atoms with Crippen LogP contribution in [0.15, 0.2) is 18.2 Å². The van der Waals surface area contributed by atoms with Crippen LogP contribution in [0.2, 0.25) is 0 Å². The molecule has 2 fully saturated rings. The van der Waals surface area contributed by atoms with E-state index < -0.39 is 5.97 Å². The molecule has 154 valence electrons. The van der Waals surface area contributed by atoms with E-state index in [1.165, 1.54) is 16.8 Å². The summed E-state index contributed by atoms with van der Waals surface area (Å²) < 4.78 is 0. The molecule has 1 aliphatic carbocycles. The molecule has 0 aromatic heterocycles. The van der Waals surface area contributed by atoms with Gasteiger partial charge in [-0.25, -0.2) is 4.79 Å². The third-order valence-corrected chi connectivity index (χ3v) is 5.97. The van der Waals surface area contributed by atoms with Crippen LogP contribution >= 0.6 is 0 Å². The van der Waals surface area contributed by atoms with E-state index in [9.17, 15) is 9.59 Å². The first-order valence-corrected chi connectivity index (χ1v) is 10.2. The average Bonchev–Trinajstić information content (AvgIpc) is 2.64. The van der Waals surface area contributed by atoms with Gasteiger partial charge in [0.25, 0.3) is 0 Å². The number of carboxylic acids is 1. The van der Waals surface area contributed by atoms with Gasteiger partial charge in [-0.3, -0.25) is 9.69 Å². The first-order chi connectivity index (χ1) is 13.4. The largest absolute Gasteiger partial charge is 0.480 e. The van der Waals surface area contributed by atoms with Gasteiger partial charge in [0.1, 0.15) is 0 Å². The molecule has 1 aromatic carbocycles. The lowest BCUT2D eigenvalue weighted by molar-refractivity contribution is -0.139. The van der Waals surface area contributed by atoms with Crippen molar-refractivity contribution in [3.8, 4) is 0 Å². The molecule has 28 heavy (non-hydrogen) atoms. The number of hydrogen-bond acceptors (Lipinski definition) is 4. The second-order valence-corrected chi connectivity index (χ2v) is 7.99. The van der Waals surface area contributed by atoms with Gasteiger partial charge in [0.05, 0.1) is 6.54 Å². The van der Waals surface area contributed by atoms with Gasteiger partial charge in [-0.15, -0.1) is 0 Å². The second kappa shape index (κ2) is 8.82. The number of nitrogens with zero attached hydrogens (tertiary/aromatic N) is 3. The van der Waals surface area contributed by atoms with Crippen LogP contribution in [0, 0.1) is 13.8 Å². The van der Waals surface area contributed by atoms with Gasteiger partial charge in [0.2, 0.25) is 0 Å². The van der Waals surface area contributed by atoms with Crippen LogP contribution in [0.4, 0.5) is 10.5 Å². The van der Waals surface area contributed by atoms with E-state index in [1.54, 1.807) is 0 Å². The summed E-state index contributed by atoms with van der Waals surface area (Å²) in [5.41, 5.74) is 3.79. The molecule has 0 bridgehead atoms. The number of anilines is 1. The van der Waals surface area contributed by atoms with E-state index in [4.69, 9.17) is 5.11 Å². The van der Waals surface area contributed by atoms with Gasteiger partial charge >= 0.3 is 12.0 Å². The lowest BCUT2D eigenvalue weighted by atomic mass is 9.85. The van der Waals surface area contributed by atoms with Gasteiger partial charge in [0.15, 0.2) is 0 Å². The highest BCUT2D eigenvalue weighted by atomic mass is 16.4. The Kier molecular flexibility index (Phi) is 6.44. The third kappa shape index (κ3) is 4.76. The molecule has 7 heteroatoms.